The lowest BCUT2D eigenvalue weighted by atomic mass is 10.3. The Kier molecular flexibility index (Phi) is 2.65. The molecule has 0 bridgehead atoms. The van der Waals surface area contributed by atoms with Gasteiger partial charge in [0, 0.05) is 6.07 Å². The van der Waals surface area contributed by atoms with Crippen LogP contribution in [0.1, 0.15) is 0 Å². The highest BCUT2D eigenvalue weighted by Gasteiger charge is 2.05. The van der Waals surface area contributed by atoms with Gasteiger partial charge in [-0.05, 0) is 6.07 Å². The quantitative estimate of drug-likeness (QED) is 0.403. The van der Waals surface area contributed by atoms with Crippen molar-refractivity contribution in [3.63, 3.8) is 0 Å². The summed E-state index contributed by atoms with van der Waals surface area (Å²) in [5, 5.41) is 18.5. The molecule has 1 radical (unpaired) electrons. The summed E-state index contributed by atoms with van der Waals surface area (Å²) >= 11 is 0. The van der Waals surface area contributed by atoms with E-state index in [1.807, 2.05) is 0 Å². The van der Waals surface area contributed by atoms with E-state index in [-0.39, 0.29) is 11.4 Å². The monoisotopic (exact) mass is 166 g/mol. The molecule has 1 aromatic rings. The standard InChI is InChI=1S/C6H5BNO4/c9-7-12-6-3-1-2-5(4-6)8(10)11/h1-4,9H. The fourth-order valence-corrected chi connectivity index (χ4v) is 0.731. The Morgan fingerprint density at radius 1 is 1.58 bits per heavy atom. The molecular formula is C6H5BNO4. The Balaban J connectivity index is 2.88. The van der Waals surface area contributed by atoms with Crippen LogP contribution in [0.2, 0.25) is 0 Å². The highest BCUT2D eigenvalue weighted by atomic mass is 16.6. The van der Waals surface area contributed by atoms with Crippen molar-refractivity contribution < 1.29 is 14.6 Å². The van der Waals surface area contributed by atoms with Gasteiger partial charge < -0.3 is 9.68 Å². The molecule has 0 spiro atoms. The van der Waals surface area contributed by atoms with Gasteiger partial charge in [-0.1, -0.05) is 6.07 Å². The normalized spacial score (nSPS) is 9.08. The molecule has 12 heavy (non-hydrogen) atoms. The van der Waals surface area contributed by atoms with Gasteiger partial charge in [-0.15, -0.1) is 0 Å². The molecule has 1 rings (SSSR count). The number of nitro groups is 1. The van der Waals surface area contributed by atoms with Crippen LogP contribution in [0.15, 0.2) is 24.3 Å². The smallest absolute Gasteiger partial charge is 0.537 e. The Hall–Kier alpha value is -1.56. The SMILES string of the molecule is O=[N+]([O-])c1cccc(O[B]O)c1. The summed E-state index contributed by atoms with van der Waals surface area (Å²) in [4.78, 5) is 9.70. The Morgan fingerprint density at radius 3 is 2.92 bits per heavy atom. The minimum atomic E-state index is -0.537. The first kappa shape index (κ1) is 8.54. The van der Waals surface area contributed by atoms with Gasteiger partial charge in [-0.3, -0.25) is 10.1 Å². The fraction of sp³-hybridized carbons (Fsp3) is 0. The summed E-state index contributed by atoms with van der Waals surface area (Å²) in [6, 6.07) is 5.52. The molecule has 0 fully saturated rings. The minimum absolute atomic E-state index is 0.0747. The number of rotatable bonds is 3. The largest absolute Gasteiger partial charge is 0.569 e. The third-order valence-electron chi connectivity index (χ3n) is 1.22. The highest BCUT2D eigenvalue weighted by molar-refractivity contribution is 6.17. The van der Waals surface area contributed by atoms with E-state index in [9.17, 15) is 10.1 Å². The second kappa shape index (κ2) is 3.73. The first-order valence-electron chi connectivity index (χ1n) is 3.11. The van der Waals surface area contributed by atoms with Gasteiger partial charge in [-0.2, -0.15) is 0 Å². The fourth-order valence-electron chi connectivity index (χ4n) is 0.731. The van der Waals surface area contributed by atoms with Gasteiger partial charge in [0.25, 0.3) is 5.69 Å². The molecule has 0 saturated heterocycles. The maximum atomic E-state index is 10.2. The van der Waals surface area contributed by atoms with Crippen LogP contribution in [0.5, 0.6) is 5.75 Å². The zero-order valence-corrected chi connectivity index (χ0v) is 6.01. The van der Waals surface area contributed by atoms with Gasteiger partial charge in [0.1, 0.15) is 5.75 Å². The summed E-state index contributed by atoms with van der Waals surface area (Å²) < 4.78 is 4.52. The highest BCUT2D eigenvalue weighted by Crippen LogP contribution is 2.18. The lowest BCUT2D eigenvalue weighted by molar-refractivity contribution is -0.384. The van der Waals surface area contributed by atoms with Crippen LogP contribution in [0.3, 0.4) is 0 Å². The van der Waals surface area contributed by atoms with Crippen LogP contribution >= 0.6 is 0 Å². The molecule has 0 saturated carbocycles. The van der Waals surface area contributed by atoms with Gasteiger partial charge in [0.2, 0.25) is 0 Å². The third-order valence-corrected chi connectivity index (χ3v) is 1.22. The zero-order valence-electron chi connectivity index (χ0n) is 6.01. The summed E-state index contributed by atoms with van der Waals surface area (Å²) in [5.41, 5.74) is -0.0747. The van der Waals surface area contributed by atoms with Crippen LogP contribution in [0, 0.1) is 10.1 Å². The molecule has 0 unspecified atom stereocenters. The van der Waals surface area contributed by atoms with E-state index in [1.165, 1.54) is 24.3 Å². The zero-order chi connectivity index (χ0) is 8.97. The molecule has 0 atom stereocenters. The second-order valence-electron chi connectivity index (χ2n) is 1.98. The van der Waals surface area contributed by atoms with Crippen molar-refractivity contribution in [2.75, 3.05) is 0 Å². The van der Waals surface area contributed by atoms with Crippen LogP contribution < -0.4 is 4.65 Å². The predicted octanol–water partition coefficient (Wildman–Crippen LogP) is 0.500. The number of hydrogen-bond acceptors (Lipinski definition) is 4. The van der Waals surface area contributed by atoms with Crippen molar-refractivity contribution in [1.29, 1.82) is 0 Å². The molecule has 0 aliphatic heterocycles. The molecule has 1 aromatic carbocycles. The van der Waals surface area contributed by atoms with Gasteiger partial charge in [0.05, 0.1) is 11.0 Å². The van der Waals surface area contributed by atoms with Gasteiger partial charge in [-0.25, -0.2) is 0 Å². The lowest BCUT2D eigenvalue weighted by Crippen LogP contribution is -1.99. The molecule has 0 aliphatic rings. The molecular weight excluding hydrogens is 161 g/mol. The number of hydrogen-bond donors (Lipinski definition) is 1. The molecule has 0 amide bonds. The first-order valence-corrected chi connectivity index (χ1v) is 3.11. The van der Waals surface area contributed by atoms with E-state index in [0.717, 1.165) is 0 Å². The average Bonchev–Trinajstić information content (AvgIpc) is 2.05. The number of non-ortho nitro benzene ring substituents is 1. The van der Waals surface area contributed by atoms with E-state index in [2.05, 4.69) is 4.65 Å². The number of benzene rings is 1. The Labute approximate surface area is 69.0 Å². The number of nitrogens with zero attached hydrogens (tertiary/aromatic N) is 1. The maximum Gasteiger partial charge on any atom is 0.569 e. The molecule has 61 valence electrons. The Morgan fingerprint density at radius 2 is 2.33 bits per heavy atom. The van der Waals surface area contributed by atoms with Crippen LogP contribution in [0.25, 0.3) is 0 Å². The third kappa shape index (κ3) is 1.96. The van der Waals surface area contributed by atoms with Crippen LogP contribution in [0.4, 0.5) is 5.69 Å². The molecule has 6 heteroatoms. The van der Waals surface area contributed by atoms with Crippen molar-refractivity contribution in [2.45, 2.75) is 0 Å². The molecule has 1 N–H and O–H groups in total. The summed E-state index contributed by atoms with van der Waals surface area (Å²) in [5.74, 6) is 0.228. The Bertz CT molecular complexity index is 291. The average molecular weight is 166 g/mol. The van der Waals surface area contributed by atoms with E-state index in [4.69, 9.17) is 5.02 Å². The lowest BCUT2D eigenvalue weighted by Gasteiger charge is -1.99. The van der Waals surface area contributed by atoms with Crippen molar-refractivity contribution in [3.8, 4) is 5.75 Å². The van der Waals surface area contributed by atoms with E-state index in [0.29, 0.717) is 7.69 Å². The predicted molar refractivity (Wildman–Crippen MR) is 41.7 cm³/mol. The first-order chi connectivity index (χ1) is 5.74. The van der Waals surface area contributed by atoms with Crippen molar-refractivity contribution in [2.24, 2.45) is 0 Å². The second-order valence-corrected chi connectivity index (χ2v) is 1.98. The summed E-state index contributed by atoms with van der Waals surface area (Å²) in [6.07, 6.45) is 0. The van der Waals surface area contributed by atoms with E-state index in [1.54, 1.807) is 0 Å². The maximum absolute atomic E-state index is 10.2. The minimum Gasteiger partial charge on any atom is -0.537 e. The molecule has 5 nitrogen and oxygen atoms in total. The van der Waals surface area contributed by atoms with Gasteiger partial charge in [0.15, 0.2) is 0 Å². The van der Waals surface area contributed by atoms with Crippen LogP contribution in [-0.2, 0) is 0 Å². The van der Waals surface area contributed by atoms with Gasteiger partial charge >= 0.3 is 7.69 Å². The summed E-state index contributed by atoms with van der Waals surface area (Å²) in [7, 11) is 0.471. The van der Waals surface area contributed by atoms with Crippen molar-refractivity contribution in [3.05, 3.63) is 34.4 Å². The molecule has 0 heterocycles. The van der Waals surface area contributed by atoms with Crippen molar-refractivity contribution in [1.82, 2.24) is 0 Å². The van der Waals surface area contributed by atoms with E-state index >= 15 is 0 Å². The topological polar surface area (TPSA) is 72.6 Å². The molecule has 0 aliphatic carbocycles. The molecule has 0 aromatic heterocycles. The van der Waals surface area contributed by atoms with Crippen molar-refractivity contribution >= 4 is 13.4 Å². The van der Waals surface area contributed by atoms with Crippen LogP contribution in [-0.4, -0.2) is 17.6 Å². The number of nitro benzene ring substituents is 1. The summed E-state index contributed by atoms with van der Waals surface area (Å²) in [6.45, 7) is 0. The van der Waals surface area contributed by atoms with E-state index < -0.39 is 4.92 Å².